The zero-order valence-electron chi connectivity index (χ0n) is 7.26. The summed E-state index contributed by atoms with van der Waals surface area (Å²) in [6, 6.07) is 2.90. The molecule has 0 aromatic heterocycles. The molecule has 0 saturated heterocycles. The van der Waals surface area contributed by atoms with Crippen LogP contribution < -0.4 is 0 Å². The van der Waals surface area contributed by atoms with Crippen LogP contribution in [-0.2, 0) is 0 Å². The zero-order valence-corrected chi connectivity index (χ0v) is 10.6. The average Bonchev–Trinajstić information content (AvgIpc) is 2.03. The normalized spacial score (nSPS) is 11.7. The highest BCUT2D eigenvalue weighted by atomic mass is 79.9. The lowest BCUT2D eigenvalue weighted by Crippen LogP contribution is -2.12. The van der Waals surface area contributed by atoms with Crippen molar-refractivity contribution in [2.75, 3.05) is 0 Å². The standard InChI is InChI=1S/C9H7BrF2O.BrH/c1-5(10)9(13)7-3-2-6(11)4-8(7)12;/h2-5H,1H3;1H. The van der Waals surface area contributed by atoms with Crippen LogP contribution >= 0.6 is 32.9 Å². The molecule has 0 heterocycles. The Bertz CT molecular complexity index is 340. The van der Waals surface area contributed by atoms with Crippen molar-refractivity contribution < 1.29 is 13.6 Å². The molecule has 1 atom stereocenters. The first-order valence-corrected chi connectivity index (χ1v) is 4.57. The van der Waals surface area contributed by atoms with Gasteiger partial charge in [0.2, 0.25) is 0 Å². The number of hydrogen-bond acceptors (Lipinski definition) is 1. The summed E-state index contributed by atoms with van der Waals surface area (Å²) in [6.45, 7) is 1.59. The van der Waals surface area contributed by atoms with Gasteiger partial charge >= 0.3 is 0 Å². The van der Waals surface area contributed by atoms with Gasteiger partial charge in [-0.1, -0.05) is 15.9 Å². The molecular weight excluding hydrogens is 322 g/mol. The van der Waals surface area contributed by atoms with Crippen molar-refractivity contribution in [3.63, 3.8) is 0 Å². The maximum absolute atomic E-state index is 13.0. The first-order chi connectivity index (χ1) is 6.02. The Balaban J connectivity index is 0.00000169. The van der Waals surface area contributed by atoms with Crippen molar-refractivity contribution in [3.05, 3.63) is 35.4 Å². The second-order valence-electron chi connectivity index (χ2n) is 2.60. The van der Waals surface area contributed by atoms with E-state index in [4.69, 9.17) is 0 Å². The van der Waals surface area contributed by atoms with Crippen LogP contribution in [-0.4, -0.2) is 10.6 Å². The Morgan fingerprint density at radius 2 is 2.00 bits per heavy atom. The summed E-state index contributed by atoms with van der Waals surface area (Å²) in [7, 11) is 0. The number of alkyl halides is 1. The van der Waals surface area contributed by atoms with Crippen molar-refractivity contribution in [3.8, 4) is 0 Å². The minimum atomic E-state index is -0.823. The molecule has 78 valence electrons. The lowest BCUT2D eigenvalue weighted by Gasteiger charge is -2.03. The molecule has 0 N–H and O–H groups in total. The molecule has 14 heavy (non-hydrogen) atoms. The predicted molar refractivity (Wildman–Crippen MR) is 59.4 cm³/mol. The van der Waals surface area contributed by atoms with Crippen molar-refractivity contribution in [2.24, 2.45) is 0 Å². The molecule has 0 amide bonds. The van der Waals surface area contributed by atoms with E-state index in [1.54, 1.807) is 6.92 Å². The zero-order chi connectivity index (χ0) is 10.0. The monoisotopic (exact) mass is 328 g/mol. The summed E-state index contributed by atoms with van der Waals surface area (Å²) >= 11 is 3.02. The predicted octanol–water partition coefficient (Wildman–Crippen LogP) is 3.51. The van der Waals surface area contributed by atoms with Gasteiger partial charge in [-0.3, -0.25) is 4.79 Å². The maximum atomic E-state index is 13.0. The van der Waals surface area contributed by atoms with E-state index in [1.807, 2.05) is 0 Å². The molecular formula is C9H8Br2F2O. The number of halogens is 4. The second kappa shape index (κ2) is 5.56. The molecule has 0 aliphatic heterocycles. The number of Topliss-reactive ketones (excluding diaryl/α,β-unsaturated/α-hetero) is 1. The largest absolute Gasteiger partial charge is 0.293 e. The Morgan fingerprint density at radius 3 is 2.43 bits per heavy atom. The van der Waals surface area contributed by atoms with Crippen LogP contribution in [0.5, 0.6) is 0 Å². The van der Waals surface area contributed by atoms with Crippen molar-refractivity contribution in [1.29, 1.82) is 0 Å². The third kappa shape index (κ3) is 3.13. The lowest BCUT2D eigenvalue weighted by atomic mass is 10.1. The number of benzene rings is 1. The summed E-state index contributed by atoms with van der Waals surface area (Å²) < 4.78 is 25.4. The van der Waals surface area contributed by atoms with Gasteiger partial charge in [-0.2, -0.15) is 0 Å². The fourth-order valence-electron chi connectivity index (χ4n) is 0.904. The highest BCUT2D eigenvalue weighted by molar-refractivity contribution is 9.10. The highest BCUT2D eigenvalue weighted by Crippen LogP contribution is 2.14. The third-order valence-electron chi connectivity index (χ3n) is 1.56. The van der Waals surface area contributed by atoms with Gasteiger partial charge in [0, 0.05) is 6.07 Å². The smallest absolute Gasteiger partial charge is 0.179 e. The van der Waals surface area contributed by atoms with Crippen LogP contribution in [0, 0.1) is 11.6 Å². The van der Waals surface area contributed by atoms with Crippen LogP contribution in [0.4, 0.5) is 8.78 Å². The summed E-state index contributed by atoms with van der Waals surface area (Å²) in [5.74, 6) is -1.90. The fourth-order valence-corrected chi connectivity index (χ4v) is 1.15. The van der Waals surface area contributed by atoms with Crippen LogP contribution in [0.1, 0.15) is 17.3 Å². The van der Waals surface area contributed by atoms with E-state index >= 15 is 0 Å². The molecule has 5 heteroatoms. The van der Waals surface area contributed by atoms with Crippen molar-refractivity contribution in [1.82, 2.24) is 0 Å². The van der Waals surface area contributed by atoms with Crippen molar-refractivity contribution in [2.45, 2.75) is 11.8 Å². The van der Waals surface area contributed by atoms with E-state index in [9.17, 15) is 13.6 Å². The van der Waals surface area contributed by atoms with Gasteiger partial charge in [0.05, 0.1) is 10.4 Å². The van der Waals surface area contributed by atoms with Gasteiger partial charge in [0.15, 0.2) is 5.78 Å². The summed E-state index contributed by atoms with van der Waals surface area (Å²) in [4.78, 5) is 10.8. The Kier molecular flexibility index (Phi) is 5.44. The number of ketones is 1. The lowest BCUT2D eigenvalue weighted by molar-refractivity contribution is 0.0992. The van der Waals surface area contributed by atoms with Crippen LogP contribution in [0.25, 0.3) is 0 Å². The first-order valence-electron chi connectivity index (χ1n) is 3.65. The highest BCUT2D eigenvalue weighted by Gasteiger charge is 2.16. The van der Waals surface area contributed by atoms with E-state index in [0.29, 0.717) is 6.07 Å². The molecule has 1 unspecified atom stereocenters. The van der Waals surface area contributed by atoms with Crippen molar-refractivity contribution >= 4 is 38.7 Å². The summed E-state index contributed by atoms with van der Waals surface area (Å²) in [5, 5.41) is 0. The Labute approximate surface area is 99.4 Å². The van der Waals surface area contributed by atoms with Gasteiger partial charge in [-0.15, -0.1) is 17.0 Å². The Hall–Kier alpha value is -0.290. The molecule has 0 radical (unpaired) electrons. The molecule has 0 spiro atoms. The van der Waals surface area contributed by atoms with E-state index in [-0.39, 0.29) is 22.5 Å². The maximum Gasteiger partial charge on any atom is 0.179 e. The second-order valence-corrected chi connectivity index (χ2v) is 3.98. The molecule has 0 aliphatic rings. The molecule has 1 aromatic carbocycles. The van der Waals surface area contributed by atoms with Gasteiger partial charge in [0.25, 0.3) is 0 Å². The average molecular weight is 330 g/mol. The fraction of sp³-hybridized carbons (Fsp3) is 0.222. The van der Waals surface area contributed by atoms with Crippen LogP contribution in [0.2, 0.25) is 0 Å². The van der Waals surface area contributed by atoms with Gasteiger partial charge in [0.1, 0.15) is 11.6 Å². The molecule has 0 bridgehead atoms. The molecule has 1 nitrogen and oxygen atoms in total. The number of carbonyl (C=O) groups excluding carboxylic acids is 1. The van der Waals surface area contributed by atoms with Gasteiger partial charge < -0.3 is 0 Å². The SMILES string of the molecule is Br.CC(Br)C(=O)c1ccc(F)cc1F. The molecule has 1 rings (SSSR count). The minimum Gasteiger partial charge on any atom is -0.293 e. The third-order valence-corrected chi connectivity index (χ3v) is 1.97. The van der Waals surface area contributed by atoms with Gasteiger partial charge in [-0.05, 0) is 19.1 Å². The molecule has 0 saturated carbocycles. The number of carbonyl (C=O) groups is 1. The number of hydrogen-bond donors (Lipinski definition) is 0. The minimum absolute atomic E-state index is 0. The van der Waals surface area contributed by atoms with E-state index in [1.165, 1.54) is 0 Å². The molecule has 0 aliphatic carbocycles. The Morgan fingerprint density at radius 1 is 1.43 bits per heavy atom. The van der Waals surface area contributed by atoms with Gasteiger partial charge in [-0.25, -0.2) is 8.78 Å². The quantitative estimate of drug-likeness (QED) is 0.599. The van der Waals surface area contributed by atoms with Crippen LogP contribution in [0.15, 0.2) is 18.2 Å². The summed E-state index contributed by atoms with van der Waals surface area (Å²) in [5.41, 5.74) is -0.0919. The molecule has 1 aromatic rings. The summed E-state index contributed by atoms with van der Waals surface area (Å²) in [6.07, 6.45) is 0. The molecule has 0 fully saturated rings. The number of rotatable bonds is 2. The first kappa shape index (κ1) is 13.7. The van der Waals surface area contributed by atoms with Crippen LogP contribution in [0.3, 0.4) is 0 Å². The van der Waals surface area contributed by atoms with E-state index in [2.05, 4.69) is 15.9 Å². The van der Waals surface area contributed by atoms with E-state index < -0.39 is 22.2 Å². The van der Waals surface area contributed by atoms with E-state index in [0.717, 1.165) is 12.1 Å². The topological polar surface area (TPSA) is 17.1 Å².